The second kappa shape index (κ2) is 5.97. The molecule has 2 rings (SSSR count). The first-order valence-electron chi connectivity index (χ1n) is 4.80. The van der Waals surface area contributed by atoms with E-state index in [4.69, 9.17) is 4.74 Å². The SMILES string of the molecule is COCCSc1nnnn1Cc1cccs1. The zero-order chi connectivity index (χ0) is 11.2. The van der Waals surface area contributed by atoms with Gasteiger partial charge in [0.15, 0.2) is 0 Å². The van der Waals surface area contributed by atoms with Gasteiger partial charge in [-0.05, 0) is 21.9 Å². The van der Waals surface area contributed by atoms with Crippen molar-refractivity contribution in [2.45, 2.75) is 11.7 Å². The molecule has 0 unspecified atom stereocenters. The highest BCUT2D eigenvalue weighted by Crippen LogP contribution is 2.16. The quantitative estimate of drug-likeness (QED) is 0.579. The largest absolute Gasteiger partial charge is 0.384 e. The molecule has 0 amide bonds. The molecule has 0 saturated heterocycles. The van der Waals surface area contributed by atoms with E-state index in [1.54, 1.807) is 30.2 Å². The van der Waals surface area contributed by atoms with E-state index in [-0.39, 0.29) is 0 Å². The van der Waals surface area contributed by atoms with Crippen LogP contribution in [-0.2, 0) is 11.3 Å². The van der Waals surface area contributed by atoms with Gasteiger partial charge in [-0.15, -0.1) is 16.4 Å². The van der Waals surface area contributed by atoms with Crippen LogP contribution in [0.15, 0.2) is 22.7 Å². The number of tetrazole rings is 1. The van der Waals surface area contributed by atoms with Gasteiger partial charge in [0.2, 0.25) is 5.16 Å². The molecule has 7 heteroatoms. The van der Waals surface area contributed by atoms with Crippen molar-refractivity contribution in [2.75, 3.05) is 19.5 Å². The molecule has 0 fully saturated rings. The van der Waals surface area contributed by atoms with Crippen LogP contribution in [-0.4, -0.2) is 39.7 Å². The summed E-state index contributed by atoms with van der Waals surface area (Å²) in [4.78, 5) is 1.25. The fourth-order valence-corrected chi connectivity index (χ4v) is 2.63. The fraction of sp³-hybridized carbons (Fsp3) is 0.444. The van der Waals surface area contributed by atoms with E-state index in [0.29, 0.717) is 6.61 Å². The highest BCUT2D eigenvalue weighted by molar-refractivity contribution is 7.99. The molecule has 2 aromatic heterocycles. The van der Waals surface area contributed by atoms with E-state index in [9.17, 15) is 0 Å². The maximum Gasteiger partial charge on any atom is 0.209 e. The summed E-state index contributed by atoms with van der Waals surface area (Å²) in [5, 5.41) is 14.5. The highest BCUT2D eigenvalue weighted by atomic mass is 32.2. The standard InChI is InChI=1S/C9H12N4OS2/c1-14-4-6-16-9-10-11-12-13(9)7-8-3-2-5-15-8/h2-3,5H,4,6-7H2,1H3. The summed E-state index contributed by atoms with van der Waals surface area (Å²) in [6, 6.07) is 4.11. The summed E-state index contributed by atoms with van der Waals surface area (Å²) in [6.07, 6.45) is 0. The van der Waals surface area contributed by atoms with Crippen LogP contribution >= 0.6 is 23.1 Å². The minimum atomic E-state index is 0.705. The molecule has 16 heavy (non-hydrogen) atoms. The molecular formula is C9H12N4OS2. The molecular weight excluding hydrogens is 244 g/mol. The Hall–Kier alpha value is -0.920. The van der Waals surface area contributed by atoms with Crippen LogP contribution < -0.4 is 0 Å². The lowest BCUT2D eigenvalue weighted by molar-refractivity contribution is 0.218. The van der Waals surface area contributed by atoms with Crippen LogP contribution in [0.25, 0.3) is 0 Å². The zero-order valence-electron chi connectivity index (χ0n) is 8.87. The Morgan fingerprint density at radius 3 is 3.25 bits per heavy atom. The number of thiophene rings is 1. The Balaban J connectivity index is 1.96. The first kappa shape index (κ1) is 11.6. The third-order valence-electron chi connectivity index (χ3n) is 1.90. The predicted molar refractivity (Wildman–Crippen MR) is 63.8 cm³/mol. The number of methoxy groups -OCH3 is 1. The van der Waals surface area contributed by atoms with Gasteiger partial charge in [0.1, 0.15) is 0 Å². The van der Waals surface area contributed by atoms with Gasteiger partial charge in [-0.25, -0.2) is 4.68 Å². The van der Waals surface area contributed by atoms with Crippen molar-refractivity contribution in [3.05, 3.63) is 22.4 Å². The van der Waals surface area contributed by atoms with Crippen LogP contribution in [0.4, 0.5) is 0 Å². The molecule has 0 N–H and O–H groups in total. The Kier molecular flexibility index (Phi) is 4.32. The first-order valence-corrected chi connectivity index (χ1v) is 6.67. The number of hydrogen-bond donors (Lipinski definition) is 0. The molecule has 0 aliphatic rings. The average Bonchev–Trinajstić information content (AvgIpc) is 2.92. The molecule has 0 atom stereocenters. The highest BCUT2D eigenvalue weighted by Gasteiger charge is 2.07. The number of nitrogens with zero attached hydrogens (tertiary/aromatic N) is 4. The van der Waals surface area contributed by atoms with Crippen molar-refractivity contribution in [1.82, 2.24) is 20.2 Å². The van der Waals surface area contributed by atoms with Crippen LogP contribution in [0.1, 0.15) is 4.88 Å². The smallest absolute Gasteiger partial charge is 0.209 e. The van der Waals surface area contributed by atoms with Crippen LogP contribution in [0, 0.1) is 0 Å². The van der Waals surface area contributed by atoms with Crippen molar-refractivity contribution in [3.63, 3.8) is 0 Å². The van der Waals surface area contributed by atoms with E-state index in [1.807, 2.05) is 10.7 Å². The van der Waals surface area contributed by atoms with E-state index < -0.39 is 0 Å². The normalized spacial score (nSPS) is 10.8. The van der Waals surface area contributed by atoms with E-state index >= 15 is 0 Å². The second-order valence-corrected chi connectivity index (χ2v) is 5.13. The Morgan fingerprint density at radius 1 is 1.56 bits per heavy atom. The van der Waals surface area contributed by atoms with Crippen molar-refractivity contribution in [2.24, 2.45) is 0 Å². The third kappa shape index (κ3) is 3.03. The minimum absolute atomic E-state index is 0.705. The Labute approximate surface area is 102 Å². The maximum absolute atomic E-state index is 4.99. The average molecular weight is 256 g/mol. The second-order valence-electron chi connectivity index (χ2n) is 3.04. The van der Waals surface area contributed by atoms with Gasteiger partial charge in [0, 0.05) is 17.7 Å². The van der Waals surface area contributed by atoms with Gasteiger partial charge >= 0.3 is 0 Å². The first-order chi connectivity index (χ1) is 7.90. The summed E-state index contributed by atoms with van der Waals surface area (Å²) in [5.74, 6) is 0.862. The maximum atomic E-state index is 4.99. The topological polar surface area (TPSA) is 52.8 Å². The lowest BCUT2D eigenvalue weighted by Crippen LogP contribution is -2.03. The van der Waals surface area contributed by atoms with Gasteiger partial charge in [-0.3, -0.25) is 0 Å². The Bertz CT molecular complexity index is 415. The molecule has 0 aliphatic carbocycles. The van der Waals surface area contributed by atoms with Crippen molar-refractivity contribution < 1.29 is 4.74 Å². The fourth-order valence-electron chi connectivity index (χ4n) is 1.17. The van der Waals surface area contributed by atoms with Gasteiger partial charge in [-0.2, -0.15) is 0 Å². The Morgan fingerprint density at radius 2 is 2.50 bits per heavy atom. The molecule has 0 aliphatic heterocycles. The molecule has 0 aromatic carbocycles. The van der Waals surface area contributed by atoms with Crippen LogP contribution in [0.2, 0.25) is 0 Å². The number of rotatable bonds is 6. The zero-order valence-corrected chi connectivity index (χ0v) is 10.5. The molecule has 0 radical (unpaired) electrons. The van der Waals surface area contributed by atoms with E-state index in [2.05, 4.69) is 27.0 Å². The van der Waals surface area contributed by atoms with Gasteiger partial charge in [0.05, 0.1) is 13.2 Å². The monoisotopic (exact) mass is 256 g/mol. The lowest BCUT2D eigenvalue weighted by atomic mass is 10.5. The number of hydrogen-bond acceptors (Lipinski definition) is 6. The van der Waals surface area contributed by atoms with Crippen molar-refractivity contribution >= 4 is 23.1 Å². The predicted octanol–water partition coefficient (Wildman–Crippen LogP) is 1.52. The number of thioether (sulfide) groups is 1. The summed E-state index contributed by atoms with van der Waals surface area (Å²) in [6.45, 7) is 1.44. The summed E-state index contributed by atoms with van der Waals surface area (Å²) in [5.41, 5.74) is 0. The van der Waals surface area contributed by atoms with Gasteiger partial charge in [-0.1, -0.05) is 17.8 Å². The molecule has 2 aromatic rings. The van der Waals surface area contributed by atoms with E-state index in [0.717, 1.165) is 17.5 Å². The van der Waals surface area contributed by atoms with Gasteiger partial charge < -0.3 is 4.74 Å². The minimum Gasteiger partial charge on any atom is -0.384 e. The molecule has 0 spiro atoms. The number of ether oxygens (including phenoxy) is 1. The van der Waals surface area contributed by atoms with Crippen LogP contribution in [0.5, 0.6) is 0 Å². The molecule has 2 heterocycles. The summed E-state index contributed by atoms with van der Waals surface area (Å²) >= 11 is 3.31. The van der Waals surface area contributed by atoms with Crippen molar-refractivity contribution in [3.8, 4) is 0 Å². The molecule has 0 bridgehead atoms. The summed E-state index contributed by atoms with van der Waals surface area (Å²) < 4.78 is 6.80. The molecule has 0 saturated carbocycles. The van der Waals surface area contributed by atoms with E-state index in [1.165, 1.54) is 4.88 Å². The van der Waals surface area contributed by atoms with Crippen molar-refractivity contribution in [1.29, 1.82) is 0 Å². The lowest BCUT2D eigenvalue weighted by Gasteiger charge is -2.01. The molecule has 86 valence electrons. The van der Waals surface area contributed by atoms with Gasteiger partial charge in [0.25, 0.3) is 0 Å². The number of aromatic nitrogens is 4. The molecule has 5 nitrogen and oxygen atoms in total. The third-order valence-corrected chi connectivity index (χ3v) is 3.69. The summed E-state index contributed by atoms with van der Waals surface area (Å²) in [7, 11) is 1.69. The van der Waals surface area contributed by atoms with Crippen LogP contribution in [0.3, 0.4) is 0 Å².